The highest BCUT2D eigenvalue weighted by Crippen LogP contribution is 2.14. The van der Waals surface area contributed by atoms with Gasteiger partial charge in [-0.3, -0.25) is 9.88 Å². The molecule has 0 spiro atoms. The summed E-state index contributed by atoms with van der Waals surface area (Å²) in [7, 11) is 1.67. The van der Waals surface area contributed by atoms with E-state index in [0.717, 1.165) is 44.2 Å². The van der Waals surface area contributed by atoms with Gasteiger partial charge in [0, 0.05) is 38.9 Å². The first kappa shape index (κ1) is 17.2. The van der Waals surface area contributed by atoms with Gasteiger partial charge in [-0.25, -0.2) is 4.79 Å². The van der Waals surface area contributed by atoms with Gasteiger partial charge in [0.25, 0.3) is 0 Å². The Bertz CT molecular complexity index is 668. The van der Waals surface area contributed by atoms with Crippen molar-refractivity contribution < 1.29 is 9.53 Å². The number of hydrogen-bond acceptors (Lipinski definition) is 4. The number of ether oxygens (including phenoxy) is 1. The Morgan fingerprint density at radius 1 is 1.12 bits per heavy atom. The van der Waals surface area contributed by atoms with Crippen molar-refractivity contribution in [1.29, 1.82) is 0 Å². The number of nitrogens with zero attached hydrogens (tertiary/aromatic N) is 3. The van der Waals surface area contributed by atoms with Crippen LogP contribution in [-0.2, 0) is 13.1 Å². The third-order valence-corrected chi connectivity index (χ3v) is 4.37. The second-order valence-corrected chi connectivity index (χ2v) is 6.09. The van der Waals surface area contributed by atoms with Gasteiger partial charge in [0.1, 0.15) is 5.75 Å². The lowest BCUT2D eigenvalue weighted by Gasteiger charge is -2.34. The highest BCUT2D eigenvalue weighted by molar-refractivity contribution is 5.74. The fourth-order valence-electron chi connectivity index (χ4n) is 2.88. The molecule has 6 heteroatoms. The van der Waals surface area contributed by atoms with Crippen LogP contribution in [0.25, 0.3) is 0 Å². The van der Waals surface area contributed by atoms with E-state index in [1.165, 1.54) is 5.56 Å². The highest BCUT2D eigenvalue weighted by Gasteiger charge is 2.20. The second kappa shape index (κ2) is 8.48. The molecular weight excluding hydrogens is 316 g/mol. The Hall–Kier alpha value is -2.60. The van der Waals surface area contributed by atoms with E-state index in [1.54, 1.807) is 13.3 Å². The summed E-state index contributed by atoms with van der Waals surface area (Å²) < 4.78 is 5.19. The van der Waals surface area contributed by atoms with Crippen LogP contribution in [0.1, 0.15) is 11.3 Å². The molecule has 1 aliphatic rings. The molecule has 0 aliphatic carbocycles. The molecule has 0 radical (unpaired) electrons. The summed E-state index contributed by atoms with van der Waals surface area (Å²) in [6.45, 7) is 4.60. The van der Waals surface area contributed by atoms with Crippen molar-refractivity contribution in [3.63, 3.8) is 0 Å². The number of benzene rings is 1. The molecule has 0 atom stereocenters. The lowest BCUT2D eigenvalue weighted by atomic mass is 10.2. The number of urea groups is 1. The molecule has 2 amide bonds. The monoisotopic (exact) mass is 340 g/mol. The third kappa shape index (κ3) is 4.93. The van der Waals surface area contributed by atoms with Crippen LogP contribution in [0.5, 0.6) is 5.75 Å². The predicted octanol–water partition coefficient (Wildman–Crippen LogP) is 2.12. The molecule has 0 saturated carbocycles. The quantitative estimate of drug-likeness (QED) is 0.906. The first-order valence-electron chi connectivity index (χ1n) is 8.52. The largest absolute Gasteiger partial charge is 0.497 e. The van der Waals surface area contributed by atoms with E-state index >= 15 is 0 Å². The van der Waals surface area contributed by atoms with Crippen molar-refractivity contribution in [1.82, 2.24) is 20.1 Å². The minimum absolute atomic E-state index is 0.0187. The molecule has 25 heavy (non-hydrogen) atoms. The van der Waals surface area contributed by atoms with Crippen LogP contribution < -0.4 is 10.1 Å². The Kier molecular flexibility index (Phi) is 5.85. The van der Waals surface area contributed by atoms with E-state index in [-0.39, 0.29) is 6.03 Å². The van der Waals surface area contributed by atoms with Gasteiger partial charge in [-0.05, 0) is 29.8 Å². The fraction of sp³-hybridized carbons (Fsp3) is 0.368. The van der Waals surface area contributed by atoms with Gasteiger partial charge in [-0.2, -0.15) is 0 Å². The standard InChI is InChI=1S/C19H24N4O2/c1-25-18-7-5-16(6-8-18)15-22-10-12-23(13-11-22)19(24)21-14-17-4-2-3-9-20-17/h2-9H,10-15H2,1H3,(H,21,24). The molecule has 3 rings (SSSR count). The van der Waals surface area contributed by atoms with Gasteiger partial charge in [-0.1, -0.05) is 18.2 Å². The smallest absolute Gasteiger partial charge is 0.317 e. The molecule has 1 aromatic carbocycles. The Morgan fingerprint density at radius 2 is 1.88 bits per heavy atom. The minimum atomic E-state index is -0.0187. The Labute approximate surface area is 148 Å². The maximum atomic E-state index is 12.3. The Balaban J connectivity index is 1.42. The summed E-state index contributed by atoms with van der Waals surface area (Å²) in [5.74, 6) is 0.873. The van der Waals surface area contributed by atoms with Crippen molar-refractivity contribution in [2.45, 2.75) is 13.1 Å². The van der Waals surface area contributed by atoms with Gasteiger partial charge < -0.3 is 15.0 Å². The van der Waals surface area contributed by atoms with Crippen LogP contribution >= 0.6 is 0 Å². The second-order valence-electron chi connectivity index (χ2n) is 6.09. The fourth-order valence-corrected chi connectivity index (χ4v) is 2.88. The van der Waals surface area contributed by atoms with E-state index in [0.29, 0.717) is 6.54 Å². The topological polar surface area (TPSA) is 57.7 Å². The van der Waals surface area contributed by atoms with Crippen LogP contribution in [0.3, 0.4) is 0 Å². The van der Waals surface area contributed by atoms with E-state index in [1.807, 2.05) is 35.2 Å². The third-order valence-electron chi connectivity index (χ3n) is 4.37. The number of rotatable bonds is 5. The lowest BCUT2D eigenvalue weighted by molar-refractivity contribution is 0.135. The molecule has 1 N–H and O–H groups in total. The van der Waals surface area contributed by atoms with Crippen molar-refractivity contribution in [2.24, 2.45) is 0 Å². The summed E-state index contributed by atoms with van der Waals surface area (Å²) in [5, 5.41) is 2.94. The molecule has 2 heterocycles. The van der Waals surface area contributed by atoms with Crippen LogP contribution in [0.15, 0.2) is 48.7 Å². The normalized spacial score (nSPS) is 15.0. The highest BCUT2D eigenvalue weighted by atomic mass is 16.5. The molecule has 6 nitrogen and oxygen atoms in total. The average molecular weight is 340 g/mol. The molecule has 132 valence electrons. The number of carbonyl (C=O) groups excluding carboxylic acids is 1. The van der Waals surface area contributed by atoms with Crippen LogP contribution in [0, 0.1) is 0 Å². The number of nitrogens with one attached hydrogen (secondary N) is 1. The number of hydrogen-bond donors (Lipinski definition) is 1. The first-order valence-corrected chi connectivity index (χ1v) is 8.52. The lowest BCUT2D eigenvalue weighted by Crippen LogP contribution is -2.51. The van der Waals surface area contributed by atoms with Gasteiger partial charge in [0.2, 0.25) is 0 Å². The van der Waals surface area contributed by atoms with Crippen LogP contribution in [0.2, 0.25) is 0 Å². The van der Waals surface area contributed by atoms with Crippen LogP contribution in [0.4, 0.5) is 4.79 Å². The average Bonchev–Trinajstić information content (AvgIpc) is 2.68. The van der Waals surface area contributed by atoms with Crippen molar-refractivity contribution in [3.8, 4) is 5.75 Å². The van der Waals surface area contributed by atoms with E-state index < -0.39 is 0 Å². The summed E-state index contributed by atoms with van der Waals surface area (Å²) in [4.78, 5) is 20.7. The van der Waals surface area contributed by atoms with Gasteiger partial charge in [0.05, 0.1) is 19.3 Å². The SMILES string of the molecule is COc1ccc(CN2CCN(C(=O)NCc3ccccn3)CC2)cc1. The predicted molar refractivity (Wildman–Crippen MR) is 96.3 cm³/mol. The zero-order valence-electron chi connectivity index (χ0n) is 14.5. The summed E-state index contributed by atoms with van der Waals surface area (Å²) in [6.07, 6.45) is 1.74. The van der Waals surface area contributed by atoms with E-state index in [2.05, 4.69) is 27.3 Å². The first-order chi connectivity index (χ1) is 12.2. The Morgan fingerprint density at radius 3 is 2.52 bits per heavy atom. The summed E-state index contributed by atoms with van der Waals surface area (Å²) >= 11 is 0. The maximum absolute atomic E-state index is 12.3. The summed E-state index contributed by atoms with van der Waals surface area (Å²) in [5.41, 5.74) is 2.13. The number of methoxy groups -OCH3 is 1. The zero-order chi connectivity index (χ0) is 17.5. The molecule has 1 saturated heterocycles. The molecule has 1 fully saturated rings. The summed E-state index contributed by atoms with van der Waals surface area (Å²) in [6, 6.07) is 13.8. The van der Waals surface area contributed by atoms with Crippen molar-refractivity contribution in [3.05, 3.63) is 59.9 Å². The maximum Gasteiger partial charge on any atom is 0.317 e. The molecule has 1 aliphatic heterocycles. The van der Waals surface area contributed by atoms with Gasteiger partial charge >= 0.3 is 6.03 Å². The van der Waals surface area contributed by atoms with Gasteiger partial charge in [-0.15, -0.1) is 0 Å². The van der Waals surface area contributed by atoms with Crippen LogP contribution in [-0.4, -0.2) is 54.1 Å². The zero-order valence-corrected chi connectivity index (χ0v) is 14.5. The van der Waals surface area contributed by atoms with E-state index in [9.17, 15) is 4.79 Å². The molecule has 0 unspecified atom stereocenters. The van der Waals surface area contributed by atoms with E-state index in [4.69, 9.17) is 4.74 Å². The number of pyridine rings is 1. The van der Waals surface area contributed by atoms with Crippen molar-refractivity contribution >= 4 is 6.03 Å². The minimum Gasteiger partial charge on any atom is -0.497 e. The molecule has 1 aromatic heterocycles. The molecule has 2 aromatic rings. The molecule has 0 bridgehead atoms. The van der Waals surface area contributed by atoms with Crippen molar-refractivity contribution in [2.75, 3.05) is 33.3 Å². The van der Waals surface area contributed by atoms with Gasteiger partial charge in [0.15, 0.2) is 0 Å². The number of amides is 2. The molecular formula is C19H24N4O2. The number of carbonyl (C=O) groups is 1. The number of aromatic nitrogens is 1. The number of piperazine rings is 1.